The Morgan fingerprint density at radius 1 is 0.938 bits per heavy atom. The van der Waals surface area contributed by atoms with Gasteiger partial charge in [0.2, 0.25) is 5.91 Å². The summed E-state index contributed by atoms with van der Waals surface area (Å²) in [5, 5.41) is 2.97. The molecule has 1 atom stereocenters. The summed E-state index contributed by atoms with van der Waals surface area (Å²) in [7, 11) is -3.83. The van der Waals surface area contributed by atoms with E-state index >= 15 is 0 Å². The van der Waals surface area contributed by atoms with Gasteiger partial charge in [-0.3, -0.25) is 9.10 Å². The maximum Gasteiger partial charge on any atom is 0.265 e. The highest BCUT2D eigenvalue weighted by Gasteiger charge is 2.36. The summed E-state index contributed by atoms with van der Waals surface area (Å²) in [6.45, 7) is 3.77. The molecular weight excluding hydrogens is 420 g/mol. The van der Waals surface area contributed by atoms with E-state index in [0.717, 1.165) is 30.4 Å². The van der Waals surface area contributed by atoms with Crippen molar-refractivity contribution in [3.63, 3.8) is 0 Å². The molecule has 5 nitrogen and oxygen atoms in total. The van der Waals surface area contributed by atoms with E-state index in [1.807, 2.05) is 55.5 Å². The molecule has 0 spiro atoms. The normalized spacial score (nSPS) is 14.9. The third-order valence-corrected chi connectivity index (χ3v) is 7.70. The van der Waals surface area contributed by atoms with E-state index < -0.39 is 10.0 Å². The fraction of sp³-hybridized carbons (Fsp3) is 0.269. The molecule has 0 fully saturated rings. The lowest BCUT2D eigenvalue weighted by molar-refractivity contribution is -0.120. The number of amides is 1. The molecule has 4 rings (SSSR count). The molecule has 1 heterocycles. The molecule has 1 aliphatic rings. The molecule has 1 N–H and O–H groups in total. The van der Waals surface area contributed by atoms with Gasteiger partial charge in [0.25, 0.3) is 10.0 Å². The van der Waals surface area contributed by atoms with Gasteiger partial charge in [-0.2, -0.15) is 0 Å². The Hall–Kier alpha value is -3.12. The number of rotatable bonds is 7. The SMILES string of the molecule is CCc1ccc2c(c1)-c1ccccc1S(=O)(=O)N2CC(=O)N[C@H](C)CCc1ccccc1. The predicted molar refractivity (Wildman–Crippen MR) is 128 cm³/mol. The molecule has 0 aromatic heterocycles. The second kappa shape index (κ2) is 9.17. The third-order valence-electron chi connectivity index (χ3n) is 5.89. The number of fused-ring (bicyclic) bond motifs is 3. The summed E-state index contributed by atoms with van der Waals surface area (Å²) >= 11 is 0. The number of benzene rings is 3. The van der Waals surface area contributed by atoms with Crippen molar-refractivity contribution in [2.24, 2.45) is 0 Å². The molecule has 0 radical (unpaired) electrons. The van der Waals surface area contributed by atoms with E-state index in [0.29, 0.717) is 11.3 Å². The zero-order valence-electron chi connectivity index (χ0n) is 18.4. The van der Waals surface area contributed by atoms with Gasteiger partial charge in [0.15, 0.2) is 0 Å². The van der Waals surface area contributed by atoms with Crippen LogP contribution < -0.4 is 9.62 Å². The number of hydrogen-bond donors (Lipinski definition) is 1. The van der Waals surface area contributed by atoms with Crippen LogP contribution in [0.25, 0.3) is 11.1 Å². The molecule has 166 valence electrons. The number of aryl methyl sites for hydroxylation is 2. The average molecular weight is 449 g/mol. The molecule has 0 aliphatic carbocycles. The lowest BCUT2D eigenvalue weighted by atomic mass is 9.99. The van der Waals surface area contributed by atoms with Gasteiger partial charge in [-0.1, -0.05) is 61.5 Å². The van der Waals surface area contributed by atoms with Crippen molar-refractivity contribution in [2.75, 3.05) is 10.8 Å². The van der Waals surface area contributed by atoms with Crippen molar-refractivity contribution in [2.45, 2.75) is 44.0 Å². The van der Waals surface area contributed by atoms with Crippen LogP contribution in [0.3, 0.4) is 0 Å². The standard InChI is InChI=1S/C26H28N2O3S/c1-3-20-15-16-24-23(17-20)22-11-7-8-12-25(22)32(30,31)28(24)18-26(29)27-19(2)13-14-21-9-5-4-6-10-21/h4-12,15-17,19H,3,13-14,18H2,1-2H3,(H,27,29)/t19-/m1/s1. The highest BCUT2D eigenvalue weighted by Crippen LogP contribution is 2.43. The van der Waals surface area contributed by atoms with Gasteiger partial charge in [0.1, 0.15) is 6.54 Å². The summed E-state index contributed by atoms with van der Waals surface area (Å²) < 4.78 is 28.0. The van der Waals surface area contributed by atoms with Gasteiger partial charge in [0, 0.05) is 17.2 Å². The molecule has 6 heteroatoms. The fourth-order valence-electron chi connectivity index (χ4n) is 4.12. The average Bonchev–Trinajstić information content (AvgIpc) is 2.81. The quantitative estimate of drug-likeness (QED) is 0.576. The van der Waals surface area contributed by atoms with Crippen LogP contribution in [0.5, 0.6) is 0 Å². The minimum Gasteiger partial charge on any atom is -0.352 e. The van der Waals surface area contributed by atoms with Crippen LogP contribution in [0.2, 0.25) is 0 Å². The summed E-state index contributed by atoms with van der Waals surface area (Å²) in [4.78, 5) is 13.1. The van der Waals surface area contributed by atoms with Crippen LogP contribution in [0.4, 0.5) is 5.69 Å². The van der Waals surface area contributed by atoms with Crippen LogP contribution in [0.1, 0.15) is 31.4 Å². The second-order valence-electron chi connectivity index (χ2n) is 8.21. The Bertz CT molecular complexity index is 1220. The first-order chi connectivity index (χ1) is 15.4. The van der Waals surface area contributed by atoms with E-state index in [2.05, 4.69) is 24.4 Å². The number of carbonyl (C=O) groups is 1. The first kappa shape index (κ1) is 22.1. The third kappa shape index (κ3) is 4.41. The predicted octanol–water partition coefficient (Wildman–Crippen LogP) is 4.56. The van der Waals surface area contributed by atoms with Gasteiger partial charge < -0.3 is 5.32 Å². The van der Waals surface area contributed by atoms with E-state index in [-0.39, 0.29) is 23.4 Å². The van der Waals surface area contributed by atoms with Gasteiger partial charge in [-0.25, -0.2) is 8.42 Å². The van der Waals surface area contributed by atoms with E-state index in [1.54, 1.807) is 12.1 Å². The molecular formula is C26H28N2O3S. The van der Waals surface area contributed by atoms with Gasteiger partial charge in [-0.15, -0.1) is 0 Å². The molecule has 0 bridgehead atoms. The van der Waals surface area contributed by atoms with Crippen LogP contribution in [0.15, 0.2) is 77.7 Å². The van der Waals surface area contributed by atoms with Crippen molar-refractivity contribution >= 4 is 21.6 Å². The minimum atomic E-state index is -3.83. The smallest absolute Gasteiger partial charge is 0.265 e. The van der Waals surface area contributed by atoms with Crippen LogP contribution in [0, 0.1) is 0 Å². The number of carbonyl (C=O) groups excluding carboxylic acids is 1. The Labute approximate surface area is 190 Å². The lowest BCUT2D eigenvalue weighted by Crippen LogP contribution is -2.44. The summed E-state index contributed by atoms with van der Waals surface area (Å²) in [6.07, 6.45) is 2.48. The largest absolute Gasteiger partial charge is 0.352 e. The summed E-state index contributed by atoms with van der Waals surface area (Å²) in [5.41, 5.74) is 4.42. The van der Waals surface area contributed by atoms with Crippen LogP contribution in [-0.2, 0) is 27.7 Å². The van der Waals surface area contributed by atoms with Crippen molar-refractivity contribution in [1.82, 2.24) is 5.32 Å². The molecule has 3 aromatic carbocycles. The van der Waals surface area contributed by atoms with Gasteiger partial charge >= 0.3 is 0 Å². The maximum absolute atomic E-state index is 13.4. The number of hydrogen-bond acceptors (Lipinski definition) is 3. The minimum absolute atomic E-state index is 0.0653. The van der Waals surface area contributed by atoms with Crippen molar-refractivity contribution in [3.8, 4) is 11.1 Å². The van der Waals surface area contributed by atoms with E-state index in [9.17, 15) is 13.2 Å². The van der Waals surface area contributed by atoms with Crippen LogP contribution in [-0.4, -0.2) is 26.9 Å². The molecule has 1 amide bonds. The number of sulfonamides is 1. The number of nitrogens with zero attached hydrogens (tertiary/aromatic N) is 1. The fourth-order valence-corrected chi connectivity index (χ4v) is 5.77. The molecule has 0 saturated carbocycles. The van der Waals surface area contributed by atoms with Gasteiger partial charge in [-0.05, 0) is 55.5 Å². The summed E-state index contributed by atoms with van der Waals surface area (Å²) in [5.74, 6) is -0.306. The Balaban J connectivity index is 1.55. The molecule has 32 heavy (non-hydrogen) atoms. The van der Waals surface area contributed by atoms with Crippen molar-refractivity contribution in [1.29, 1.82) is 0 Å². The highest BCUT2D eigenvalue weighted by atomic mass is 32.2. The Kier molecular flexibility index (Phi) is 6.33. The lowest BCUT2D eigenvalue weighted by Gasteiger charge is -2.32. The summed E-state index contributed by atoms with van der Waals surface area (Å²) in [6, 6.07) is 22.8. The Morgan fingerprint density at radius 3 is 2.41 bits per heavy atom. The van der Waals surface area contributed by atoms with Crippen LogP contribution >= 0.6 is 0 Å². The monoisotopic (exact) mass is 448 g/mol. The van der Waals surface area contributed by atoms with Crippen molar-refractivity contribution < 1.29 is 13.2 Å². The maximum atomic E-state index is 13.4. The zero-order valence-corrected chi connectivity index (χ0v) is 19.2. The van der Waals surface area contributed by atoms with Crippen molar-refractivity contribution in [3.05, 3.63) is 83.9 Å². The second-order valence-corrected chi connectivity index (χ2v) is 10.0. The topological polar surface area (TPSA) is 66.5 Å². The zero-order chi connectivity index (χ0) is 22.7. The van der Waals surface area contributed by atoms with E-state index in [1.165, 1.54) is 9.87 Å². The number of anilines is 1. The van der Waals surface area contributed by atoms with E-state index in [4.69, 9.17) is 0 Å². The first-order valence-electron chi connectivity index (χ1n) is 11.0. The van der Waals surface area contributed by atoms with Gasteiger partial charge in [0.05, 0.1) is 10.6 Å². The Morgan fingerprint density at radius 2 is 1.66 bits per heavy atom. The molecule has 1 aliphatic heterocycles. The highest BCUT2D eigenvalue weighted by molar-refractivity contribution is 7.93. The first-order valence-corrected chi connectivity index (χ1v) is 12.4. The molecule has 3 aromatic rings. The molecule has 0 unspecified atom stereocenters. The number of nitrogens with one attached hydrogen (secondary N) is 1. The molecule has 0 saturated heterocycles.